The first kappa shape index (κ1) is 12.6. The summed E-state index contributed by atoms with van der Waals surface area (Å²) in [6.07, 6.45) is 7.44. The smallest absolute Gasteiger partial charge is 0.127 e. The molecule has 4 nitrogen and oxygen atoms in total. The van der Waals surface area contributed by atoms with Crippen molar-refractivity contribution in [1.29, 1.82) is 0 Å². The van der Waals surface area contributed by atoms with Crippen LogP contribution in [0.2, 0.25) is 0 Å². The zero-order valence-corrected chi connectivity index (χ0v) is 12.0. The molecule has 1 N–H and O–H groups in total. The number of hydrogen-bond acceptors (Lipinski definition) is 3. The third kappa shape index (κ3) is 2.25. The highest BCUT2D eigenvalue weighted by atomic mass is 15.2. The Kier molecular flexibility index (Phi) is 3.05. The molecule has 3 rings (SSSR count). The number of rotatable bonds is 1. The first-order chi connectivity index (χ1) is 9.07. The van der Waals surface area contributed by atoms with E-state index in [1.165, 1.54) is 24.8 Å². The standard InChI is InChI=1S/C15H22N4/c1-15(2,3)19-13-7-9-16-10-12(13)18-14(19)11-6-4-5-8-17-11/h7,9-11,17H,4-6,8H2,1-3H3. The number of piperidine rings is 1. The molecule has 1 fully saturated rings. The Hall–Kier alpha value is -1.42. The molecular formula is C15H22N4. The van der Waals surface area contributed by atoms with Gasteiger partial charge in [-0.1, -0.05) is 6.42 Å². The summed E-state index contributed by atoms with van der Waals surface area (Å²) in [6.45, 7) is 7.80. The minimum atomic E-state index is 0.0323. The topological polar surface area (TPSA) is 42.7 Å². The van der Waals surface area contributed by atoms with Gasteiger partial charge in [-0.3, -0.25) is 4.98 Å². The molecule has 3 heterocycles. The van der Waals surface area contributed by atoms with E-state index in [0.717, 1.165) is 17.9 Å². The van der Waals surface area contributed by atoms with Gasteiger partial charge in [0, 0.05) is 11.7 Å². The van der Waals surface area contributed by atoms with E-state index in [9.17, 15) is 0 Å². The van der Waals surface area contributed by atoms with Gasteiger partial charge >= 0.3 is 0 Å². The molecule has 19 heavy (non-hydrogen) atoms. The van der Waals surface area contributed by atoms with Gasteiger partial charge in [-0.2, -0.15) is 0 Å². The number of nitrogens with one attached hydrogen (secondary N) is 1. The van der Waals surface area contributed by atoms with Crippen LogP contribution in [0.1, 0.15) is 51.9 Å². The normalized spacial score (nSPS) is 20.9. The van der Waals surface area contributed by atoms with Gasteiger partial charge in [0.2, 0.25) is 0 Å². The van der Waals surface area contributed by atoms with Crippen molar-refractivity contribution < 1.29 is 0 Å². The van der Waals surface area contributed by atoms with Gasteiger partial charge in [-0.05, 0) is 46.2 Å². The number of imidazole rings is 1. The zero-order chi connectivity index (χ0) is 13.5. The highest BCUT2D eigenvalue weighted by molar-refractivity contribution is 5.75. The summed E-state index contributed by atoms with van der Waals surface area (Å²) < 4.78 is 2.37. The maximum Gasteiger partial charge on any atom is 0.127 e. The Labute approximate surface area is 114 Å². The molecule has 2 aromatic heterocycles. The third-order valence-electron chi connectivity index (χ3n) is 3.78. The summed E-state index contributed by atoms with van der Waals surface area (Å²) in [7, 11) is 0. The molecule has 0 spiro atoms. The Morgan fingerprint density at radius 2 is 2.16 bits per heavy atom. The van der Waals surface area contributed by atoms with Crippen LogP contribution in [-0.2, 0) is 5.54 Å². The second-order valence-electron chi connectivity index (χ2n) is 6.34. The lowest BCUT2D eigenvalue weighted by Crippen LogP contribution is -2.33. The van der Waals surface area contributed by atoms with E-state index in [-0.39, 0.29) is 5.54 Å². The second kappa shape index (κ2) is 4.60. The lowest BCUT2D eigenvalue weighted by Gasteiger charge is -2.30. The lowest BCUT2D eigenvalue weighted by molar-refractivity contribution is 0.338. The quantitative estimate of drug-likeness (QED) is 0.855. The molecule has 0 saturated carbocycles. The fraction of sp³-hybridized carbons (Fsp3) is 0.600. The van der Waals surface area contributed by atoms with Crippen LogP contribution in [0.4, 0.5) is 0 Å². The van der Waals surface area contributed by atoms with Crippen molar-refractivity contribution in [2.24, 2.45) is 0 Å². The third-order valence-corrected chi connectivity index (χ3v) is 3.78. The molecule has 1 aliphatic rings. The molecule has 0 amide bonds. The highest BCUT2D eigenvalue weighted by Crippen LogP contribution is 2.30. The van der Waals surface area contributed by atoms with Gasteiger partial charge in [0.1, 0.15) is 11.3 Å². The first-order valence-electron chi connectivity index (χ1n) is 7.13. The molecule has 0 aliphatic carbocycles. The molecule has 1 aliphatic heterocycles. The number of pyridine rings is 1. The number of fused-ring (bicyclic) bond motifs is 1. The number of aromatic nitrogens is 3. The molecule has 2 aromatic rings. The molecular weight excluding hydrogens is 236 g/mol. The lowest BCUT2D eigenvalue weighted by atomic mass is 10.0. The van der Waals surface area contributed by atoms with Crippen LogP contribution < -0.4 is 5.32 Å². The Bertz CT molecular complexity index is 573. The number of hydrogen-bond donors (Lipinski definition) is 1. The van der Waals surface area contributed by atoms with E-state index in [2.05, 4.69) is 41.7 Å². The van der Waals surface area contributed by atoms with Gasteiger partial charge < -0.3 is 9.88 Å². The van der Waals surface area contributed by atoms with Crippen LogP contribution in [0.25, 0.3) is 11.0 Å². The Morgan fingerprint density at radius 1 is 1.32 bits per heavy atom. The molecule has 4 heteroatoms. The maximum absolute atomic E-state index is 4.84. The summed E-state index contributed by atoms with van der Waals surface area (Å²) >= 11 is 0. The van der Waals surface area contributed by atoms with Crippen molar-refractivity contribution in [2.45, 2.75) is 51.6 Å². The van der Waals surface area contributed by atoms with Crippen molar-refractivity contribution in [1.82, 2.24) is 19.9 Å². The van der Waals surface area contributed by atoms with Crippen LogP contribution >= 0.6 is 0 Å². The van der Waals surface area contributed by atoms with Crippen LogP contribution in [0.3, 0.4) is 0 Å². The fourth-order valence-corrected chi connectivity index (χ4v) is 2.96. The molecule has 102 valence electrons. The van der Waals surface area contributed by atoms with Gasteiger partial charge in [-0.25, -0.2) is 4.98 Å². The van der Waals surface area contributed by atoms with Crippen molar-refractivity contribution in [3.8, 4) is 0 Å². The van der Waals surface area contributed by atoms with Gasteiger partial charge in [0.05, 0.1) is 17.8 Å². The first-order valence-corrected chi connectivity index (χ1v) is 7.13. The van der Waals surface area contributed by atoms with Crippen molar-refractivity contribution >= 4 is 11.0 Å². The van der Waals surface area contributed by atoms with Gasteiger partial charge in [0.15, 0.2) is 0 Å². The Balaban J connectivity index is 2.17. The maximum atomic E-state index is 4.84. The second-order valence-corrected chi connectivity index (χ2v) is 6.34. The van der Waals surface area contributed by atoms with E-state index in [1.54, 1.807) is 0 Å². The van der Waals surface area contributed by atoms with Crippen LogP contribution in [-0.4, -0.2) is 21.1 Å². The van der Waals surface area contributed by atoms with Crippen molar-refractivity contribution in [2.75, 3.05) is 6.54 Å². The molecule has 1 unspecified atom stereocenters. The minimum absolute atomic E-state index is 0.0323. The van der Waals surface area contributed by atoms with Crippen LogP contribution in [0.5, 0.6) is 0 Å². The largest absolute Gasteiger partial charge is 0.321 e. The molecule has 0 radical (unpaired) electrons. The highest BCUT2D eigenvalue weighted by Gasteiger charge is 2.27. The monoisotopic (exact) mass is 258 g/mol. The summed E-state index contributed by atoms with van der Waals surface area (Å²) in [5, 5.41) is 3.61. The summed E-state index contributed by atoms with van der Waals surface area (Å²) in [6, 6.07) is 2.44. The Morgan fingerprint density at radius 3 is 2.84 bits per heavy atom. The average Bonchev–Trinajstić information content (AvgIpc) is 2.79. The van der Waals surface area contributed by atoms with E-state index >= 15 is 0 Å². The van der Waals surface area contributed by atoms with E-state index in [4.69, 9.17) is 4.98 Å². The average molecular weight is 258 g/mol. The van der Waals surface area contributed by atoms with E-state index in [0.29, 0.717) is 6.04 Å². The predicted molar refractivity (Wildman–Crippen MR) is 77.1 cm³/mol. The SMILES string of the molecule is CC(C)(C)n1c(C2CCCCN2)nc2cnccc21. The fourth-order valence-electron chi connectivity index (χ4n) is 2.96. The number of nitrogens with zero attached hydrogens (tertiary/aromatic N) is 3. The summed E-state index contributed by atoms with van der Waals surface area (Å²) in [5.74, 6) is 1.16. The molecule has 0 aromatic carbocycles. The van der Waals surface area contributed by atoms with E-state index in [1.807, 2.05) is 12.4 Å². The summed E-state index contributed by atoms with van der Waals surface area (Å²) in [4.78, 5) is 9.04. The van der Waals surface area contributed by atoms with Crippen molar-refractivity contribution in [3.05, 3.63) is 24.3 Å². The predicted octanol–water partition coefficient (Wildman–Crippen LogP) is 3.00. The molecule has 1 saturated heterocycles. The van der Waals surface area contributed by atoms with Crippen molar-refractivity contribution in [3.63, 3.8) is 0 Å². The van der Waals surface area contributed by atoms with E-state index < -0.39 is 0 Å². The zero-order valence-electron chi connectivity index (χ0n) is 12.0. The minimum Gasteiger partial charge on any atom is -0.321 e. The molecule has 0 bridgehead atoms. The molecule has 1 atom stereocenters. The van der Waals surface area contributed by atoms with Gasteiger partial charge in [0.25, 0.3) is 0 Å². The summed E-state index contributed by atoms with van der Waals surface area (Å²) in [5.41, 5.74) is 2.22. The van der Waals surface area contributed by atoms with Crippen LogP contribution in [0, 0.1) is 0 Å². The van der Waals surface area contributed by atoms with Crippen LogP contribution in [0.15, 0.2) is 18.5 Å². The van der Waals surface area contributed by atoms with Gasteiger partial charge in [-0.15, -0.1) is 0 Å².